The van der Waals surface area contributed by atoms with Crippen molar-refractivity contribution in [2.75, 3.05) is 4.90 Å². The van der Waals surface area contributed by atoms with Gasteiger partial charge in [0.15, 0.2) is 0 Å². The second kappa shape index (κ2) is 4.26. The van der Waals surface area contributed by atoms with Gasteiger partial charge in [-0.15, -0.1) is 0 Å². The van der Waals surface area contributed by atoms with Gasteiger partial charge in [-0.05, 0) is 36.1 Å². The summed E-state index contributed by atoms with van der Waals surface area (Å²) in [7, 11) is 2.09. The van der Waals surface area contributed by atoms with Crippen molar-refractivity contribution in [3.05, 3.63) is 71.9 Å². The summed E-state index contributed by atoms with van der Waals surface area (Å²) < 4.78 is 2.16. The van der Waals surface area contributed by atoms with E-state index in [4.69, 9.17) is 0 Å². The molecule has 0 amide bonds. The van der Waals surface area contributed by atoms with E-state index in [1.807, 2.05) is 0 Å². The Balaban J connectivity index is 1.80. The van der Waals surface area contributed by atoms with Crippen LogP contribution in [-0.4, -0.2) is 4.57 Å². The Kier molecular flexibility index (Phi) is 2.49. The molecular formula is C19H18N2. The first-order valence-electron chi connectivity index (χ1n) is 7.25. The van der Waals surface area contributed by atoms with Gasteiger partial charge in [-0.25, -0.2) is 0 Å². The van der Waals surface area contributed by atoms with E-state index in [-0.39, 0.29) is 0 Å². The highest BCUT2D eigenvalue weighted by Crippen LogP contribution is 2.37. The topological polar surface area (TPSA) is 8.17 Å². The van der Waals surface area contributed by atoms with Crippen molar-refractivity contribution in [1.29, 1.82) is 0 Å². The van der Waals surface area contributed by atoms with Crippen LogP contribution in [0.3, 0.4) is 0 Å². The molecule has 3 aromatic rings. The molecule has 0 saturated heterocycles. The lowest BCUT2D eigenvalue weighted by Crippen LogP contribution is -2.12. The second-order valence-corrected chi connectivity index (χ2v) is 5.86. The molecular weight excluding hydrogens is 256 g/mol. The zero-order valence-corrected chi connectivity index (χ0v) is 12.4. The summed E-state index contributed by atoms with van der Waals surface area (Å²) in [4.78, 5) is 2.30. The average Bonchev–Trinajstić information content (AvgIpc) is 3.00. The molecule has 0 radical (unpaired) electrons. The molecule has 0 bridgehead atoms. The Morgan fingerprint density at radius 3 is 2.76 bits per heavy atom. The lowest BCUT2D eigenvalue weighted by Gasteiger charge is -2.20. The quantitative estimate of drug-likeness (QED) is 0.635. The minimum Gasteiger partial charge on any atom is -0.350 e. The maximum atomic E-state index is 4.29. The Bertz CT molecular complexity index is 870. The van der Waals surface area contributed by atoms with Crippen molar-refractivity contribution in [3.8, 4) is 0 Å². The fourth-order valence-corrected chi connectivity index (χ4v) is 3.21. The fourth-order valence-electron chi connectivity index (χ4n) is 3.21. The third-order valence-corrected chi connectivity index (χ3v) is 4.41. The number of hydrogen-bond acceptors (Lipinski definition) is 1. The maximum absolute atomic E-state index is 4.29. The fraction of sp³-hybridized carbons (Fsp3) is 0.158. The molecule has 2 aromatic carbocycles. The van der Waals surface area contributed by atoms with Crippen LogP contribution in [0.15, 0.2) is 55.2 Å². The number of aryl methyl sites for hydroxylation is 2. The summed E-state index contributed by atoms with van der Waals surface area (Å²) in [5.74, 6) is 0. The van der Waals surface area contributed by atoms with E-state index in [1.165, 1.54) is 33.3 Å². The summed E-state index contributed by atoms with van der Waals surface area (Å²) in [5, 5.41) is 1.28. The van der Waals surface area contributed by atoms with E-state index in [0.29, 0.717) is 0 Å². The average molecular weight is 274 g/mol. The van der Waals surface area contributed by atoms with Crippen LogP contribution in [0.25, 0.3) is 16.6 Å². The zero-order chi connectivity index (χ0) is 14.6. The van der Waals surface area contributed by atoms with Gasteiger partial charge in [-0.1, -0.05) is 36.4 Å². The van der Waals surface area contributed by atoms with Crippen LogP contribution in [0.1, 0.15) is 16.7 Å². The molecule has 0 unspecified atom stereocenters. The molecule has 1 aliphatic heterocycles. The van der Waals surface area contributed by atoms with Gasteiger partial charge in [0.05, 0.1) is 0 Å². The van der Waals surface area contributed by atoms with Gasteiger partial charge in [0.1, 0.15) is 0 Å². The highest BCUT2D eigenvalue weighted by molar-refractivity contribution is 5.89. The van der Waals surface area contributed by atoms with Gasteiger partial charge in [0.2, 0.25) is 0 Å². The first-order chi connectivity index (χ1) is 10.1. The van der Waals surface area contributed by atoms with Gasteiger partial charge in [-0.3, -0.25) is 0 Å². The van der Waals surface area contributed by atoms with E-state index in [1.54, 1.807) is 0 Å². The molecule has 0 fully saturated rings. The monoisotopic (exact) mass is 274 g/mol. The Morgan fingerprint density at radius 1 is 1.05 bits per heavy atom. The van der Waals surface area contributed by atoms with Crippen LogP contribution in [0.2, 0.25) is 0 Å². The number of aromatic nitrogens is 1. The SMILES string of the molecule is C=C1c2ccc(C)cc2CN1c1ccc2ccn(C)c2c1. The number of nitrogens with zero attached hydrogens (tertiary/aromatic N) is 2. The summed E-state index contributed by atoms with van der Waals surface area (Å²) in [6, 6.07) is 15.4. The maximum Gasteiger partial charge on any atom is 0.0498 e. The minimum absolute atomic E-state index is 0.909. The van der Waals surface area contributed by atoms with Crippen LogP contribution in [-0.2, 0) is 13.6 Å². The second-order valence-electron chi connectivity index (χ2n) is 5.86. The van der Waals surface area contributed by atoms with Gasteiger partial charge in [-0.2, -0.15) is 0 Å². The van der Waals surface area contributed by atoms with Crippen molar-refractivity contribution in [1.82, 2.24) is 4.57 Å². The van der Waals surface area contributed by atoms with E-state index in [2.05, 4.69) is 78.7 Å². The lowest BCUT2D eigenvalue weighted by atomic mass is 10.1. The predicted molar refractivity (Wildman–Crippen MR) is 89.3 cm³/mol. The van der Waals surface area contributed by atoms with Crippen LogP contribution in [0.4, 0.5) is 5.69 Å². The van der Waals surface area contributed by atoms with Crippen molar-refractivity contribution in [2.24, 2.45) is 7.05 Å². The molecule has 0 atom stereocenters. The molecule has 2 heteroatoms. The van der Waals surface area contributed by atoms with Crippen LogP contribution in [0.5, 0.6) is 0 Å². The molecule has 1 aliphatic rings. The normalized spacial score (nSPS) is 14.0. The standard InChI is InChI=1S/C19H18N2/c1-13-4-7-18-14(2)21(12-16(18)10-13)17-6-5-15-8-9-20(3)19(15)11-17/h4-11H,2,12H2,1,3H3. The summed E-state index contributed by atoms with van der Waals surface area (Å²) in [6.07, 6.45) is 2.10. The number of benzene rings is 2. The molecule has 21 heavy (non-hydrogen) atoms. The summed E-state index contributed by atoms with van der Waals surface area (Å²) in [6.45, 7) is 7.34. The predicted octanol–water partition coefficient (Wildman–Crippen LogP) is 4.48. The number of rotatable bonds is 1. The molecule has 0 N–H and O–H groups in total. The third kappa shape index (κ3) is 1.79. The smallest absolute Gasteiger partial charge is 0.0498 e. The largest absolute Gasteiger partial charge is 0.350 e. The molecule has 104 valence electrons. The van der Waals surface area contributed by atoms with Crippen molar-refractivity contribution in [2.45, 2.75) is 13.5 Å². The molecule has 0 spiro atoms. The van der Waals surface area contributed by atoms with Gasteiger partial charge in [0, 0.05) is 42.3 Å². The molecule has 1 aromatic heterocycles. The molecule has 2 heterocycles. The van der Waals surface area contributed by atoms with Crippen molar-refractivity contribution < 1.29 is 0 Å². The number of fused-ring (bicyclic) bond motifs is 2. The Labute approximate surface area is 124 Å². The van der Waals surface area contributed by atoms with Crippen LogP contribution in [0, 0.1) is 6.92 Å². The molecule has 0 saturated carbocycles. The minimum atomic E-state index is 0.909. The van der Waals surface area contributed by atoms with E-state index in [9.17, 15) is 0 Å². The first kappa shape index (κ1) is 12.3. The van der Waals surface area contributed by atoms with E-state index < -0.39 is 0 Å². The number of hydrogen-bond donors (Lipinski definition) is 0. The molecule has 2 nitrogen and oxygen atoms in total. The van der Waals surface area contributed by atoms with Crippen LogP contribution < -0.4 is 4.90 Å². The third-order valence-electron chi connectivity index (χ3n) is 4.41. The number of anilines is 1. The van der Waals surface area contributed by atoms with Gasteiger partial charge >= 0.3 is 0 Å². The lowest BCUT2D eigenvalue weighted by molar-refractivity contribution is 0.967. The Morgan fingerprint density at radius 2 is 1.90 bits per heavy atom. The van der Waals surface area contributed by atoms with Crippen LogP contribution >= 0.6 is 0 Å². The summed E-state index contributed by atoms with van der Waals surface area (Å²) in [5.41, 5.74) is 7.51. The first-order valence-corrected chi connectivity index (χ1v) is 7.25. The van der Waals surface area contributed by atoms with Crippen molar-refractivity contribution in [3.63, 3.8) is 0 Å². The zero-order valence-electron chi connectivity index (χ0n) is 12.4. The van der Waals surface area contributed by atoms with E-state index >= 15 is 0 Å². The highest BCUT2D eigenvalue weighted by Gasteiger charge is 2.23. The molecule has 4 rings (SSSR count). The van der Waals surface area contributed by atoms with Gasteiger partial charge in [0.25, 0.3) is 0 Å². The van der Waals surface area contributed by atoms with E-state index in [0.717, 1.165) is 12.2 Å². The Hall–Kier alpha value is -2.48. The summed E-state index contributed by atoms with van der Waals surface area (Å²) >= 11 is 0. The highest BCUT2D eigenvalue weighted by atomic mass is 15.2. The van der Waals surface area contributed by atoms with Crippen molar-refractivity contribution >= 4 is 22.3 Å². The van der Waals surface area contributed by atoms with Gasteiger partial charge < -0.3 is 9.47 Å². The molecule has 0 aliphatic carbocycles.